The van der Waals surface area contributed by atoms with Crippen LogP contribution in [0.3, 0.4) is 0 Å². The highest BCUT2D eigenvalue weighted by atomic mass is 16.2. The molecule has 7 heteroatoms. The number of Topliss-reactive ketones (excluding diaryl/α,β-unsaturated/α-hetero) is 1. The van der Waals surface area contributed by atoms with E-state index >= 15 is 0 Å². The number of aromatic amines is 1. The lowest BCUT2D eigenvalue weighted by molar-refractivity contribution is -0.120. The molecular weight excluding hydrogens is 486 g/mol. The number of carbonyl (C=O) groups excluding carboxylic acids is 2. The number of amides is 1. The summed E-state index contributed by atoms with van der Waals surface area (Å²) in [6.45, 7) is 0. The van der Waals surface area contributed by atoms with Gasteiger partial charge in [-0.2, -0.15) is 0 Å². The van der Waals surface area contributed by atoms with Crippen LogP contribution in [0.5, 0.6) is 0 Å². The number of benzene rings is 3. The molecule has 0 aliphatic rings. The molecule has 39 heavy (non-hydrogen) atoms. The van der Waals surface area contributed by atoms with E-state index in [9.17, 15) is 9.59 Å². The van der Waals surface area contributed by atoms with Gasteiger partial charge in [-0.3, -0.25) is 19.6 Å². The number of hydrogen-bond acceptors (Lipinski definition) is 5. The molecule has 6 rings (SSSR count). The summed E-state index contributed by atoms with van der Waals surface area (Å²) < 4.78 is 0. The fourth-order valence-corrected chi connectivity index (χ4v) is 4.63. The van der Waals surface area contributed by atoms with Gasteiger partial charge in [0.1, 0.15) is 5.69 Å². The van der Waals surface area contributed by atoms with Crippen molar-refractivity contribution in [2.45, 2.75) is 18.9 Å². The molecule has 1 atom stereocenters. The molecule has 3 aromatic heterocycles. The van der Waals surface area contributed by atoms with Crippen LogP contribution in [0, 0.1) is 0 Å². The lowest BCUT2D eigenvalue weighted by Gasteiger charge is -2.18. The summed E-state index contributed by atoms with van der Waals surface area (Å²) in [5.41, 5.74) is 4.24. The maximum absolute atomic E-state index is 13.3. The molecular formula is C32H25N5O2. The van der Waals surface area contributed by atoms with E-state index in [1.54, 1.807) is 24.4 Å². The van der Waals surface area contributed by atoms with Gasteiger partial charge in [0.2, 0.25) is 0 Å². The number of nitrogens with zero attached hydrogens (tertiary/aromatic N) is 3. The zero-order valence-corrected chi connectivity index (χ0v) is 21.0. The smallest absolute Gasteiger partial charge is 0.251 e. The molecule has 7 nitrogen and oxygen atoms in total. The van der Waals surface area contributed by atoms with Crippen LogP contribution in [0.15, 0.2) is 109 Å². The Morgan fingerprint density at radius 3 is 2.44 bits per heavy atom. The number of rotatable bonds is 8. The van der Waals surface area contributed by atoms with Gasteiger partial charge in [0, 0.05) is 29.0 Å². The van der Waals surface area contributed by atoms with Gasteiger partial charge in [-0.1, -0.05) is 60.7 Å². The van der Waals surface area contributed by atoms with E-state index < -0.39 is 6.04 Å². The van der Waals surface area contributed by atoms with E-state index in [2.05, 4.69) is 25.3 Å². The molecule has 1 amide bonds. The second kappa shape index (κ2) is 10.7. The maximum atomic E-state index is 13.3. The monoisotopic (exact) mass is 511 g/mol. The molecule has 0 aliphatic carbocycles. The fraction of sp³-hybridized carbons (Fsp3) is 0.0938. The number of carbonyl (C=O) groups is 2. The average Bonchev–Trinajstić information content (AvgIpc) is 3.41. The molecule has 6 aromatic rings. The predicted molar refractivity (Wildman–Crippen MR) is 151 cm³/mol. The van der Waals surface area contributed by atoms with Crippen molar-refractivity contribution in [2.24, 2.45) is 0 Å². The SMILES string of the molecule is O=C(N[C@@H](Cc1ccccc1)C(=O)Cc1ccccn1)c1ccc2nc(-c3cc4ccccc4cn3)[nH]c2c1. The highest BCUT2D eigenvalue weighted by Gasteiger charge is 2.23. The van der Waals surface area contributed by atoms with E-state index in [0.717, 1.165) is 27.5 Å². The van der Waals surface area contributed by atoms with Crippen LogP contribution in [-0.4, -0.2) is 37.7 Å². The Bertz CT molecular complexity index is 1780. The molecule has 0 spiro atoms. The van der Waals surface area contributed by atoms with Gasteiger partial charge in [-0.25, -0.2) is 4.98 Å². The maximum Gasteiger partial charge on any atom is 0.251 e. The number of aromatic nitrogens is 4. The standard InChI is InChI=1S/C32H25N5O2/c38-30(19-25-12-6-7-15-33-25)28(16-21-8-2-1-3-9-21)37-32(39)23-13-14-26-27(18-23)36-31(35-26)29-17-22-10-4-5-11-24(22)20-34-29/h1-15,17-18,20,28H,16,19H2,(H,35,36)(H,37,39)/t28-/m0/s1. The first-order valence-corrected chi connectivity index (χ1v) is 12.7. The minimum atomic E-state index is -0.697. The Labute approximate surface area is 225 Å². The third-order valence-electron chi connectivity index (χ3n) is 6.68. The normalized spacial score (nSPS) is 11.9. The molecule has 0 saturated carbocycles. The Morgan fingerprint density at radius 1 is 0.821 bits per heavy atom. The number of imidazole rings is 1. The number of fused-ring (bicyclic) bond motifs is 2. The van der Waals surface area contributed by atoms with Crippen molar-refractivity contribution >= 4 is 33.5 Å². The van der Waals surface area contributed by atoms with E-state index in [4.69, 9.17) is 0 Å². The minimum absolute atomic E-state index is 0.0989. The molecule has 0 bridgehead atoms. The second-order valence-corrected chi connectivity index (χ2v) is 9.41. The number of hydrogen-bond donors (Lipinski definition) is 2. The van der Waals surface area contributed by atoms with Crippen molar-refractivity contribution in [3.63, 3.8) is 0 Å². The number of nitrogens with one attached hydrogen (secondary N) is 2. The highest BCUT2D eigenvalue weighted by molar-refractivity contribution is 6.00. The predicted octanol–water partition coefficient (Wildman–Crippen LogP) is 5.33. The number of pyridine rings is 2. The fourth-order valence-electron chi connectivity index (χ4n) is 4.63. The summed E-state index contributed by atoms with van der Waals surface area (Å²) in [5, 5.41) is 5.09. The minimum Gasteiger partial charge on any atom is -0.342 e. The third kappa shape index (κ3) is 5.43. The summed E-state index contributed by atoms with van der Waals surface area (Å²) in [5.74, 6) is 0.200. The van der Waals surface area contributed by atoms with Crippen molar-refractivity contribution in [1.82, 2.24) is 25.3 Å². The molecule has 3 heterocycles. The Morgan fingerprint density at radius 2 is 1.62 bits per heavy atom. The molecule has 0 aliphatic heterocycles. The summed E-state index contributed by atoms with van der Waals surface area (Å²) in [4.78, 5) is 43.4. The molecule has 0 fully saturated rings. The van der Waals surface area contributed by atoms with Crippen molar-refractivity contribution in [2.75, 3.05) is 0 Å². The molecule has 2 N–H and O–H groups in total. The average molecular weight is 512 g/mol. The summed E-state index contributed by atoms with van der Waals surface area (Å²) >= 11 is 0. The van der Waals surface area contributed by atoms with E-state index in [-0.39, 0.29) is 18.1 Å². The van der Waals surface area contributed by atoms with Gasteiger partial charge in [0.05, 0.1) is 23.5 Å². The van der Waals surface area contributed by atoms with Gasteiger partial charge in [0.25, 0.3) is 5.91 Å². The second-order valence-electron chi connectivity index (χ2n) is 9.41. The zero-order chi connectivity index (χ0) is 26.6. The third-order valence-corrected chi connectivity index (χ3v) is 6.68. The van der Waals surface area contributed by atoms with Crippen LogP contribution in [0.4, 0.5) is 0 Å². The first-order chi connectivity index (χ1) is 19.1. The topological polar surface area (TPSA) is 101 Å². The van der Waals surface area contributed by atoms with Gasteiger partial charge in [0.15, 0.2) is 11.6 Å². The summed E-state index contributed by atoms with van der Waals surface area (Å²) in [6.07, 6.45) is 4.02. The van der Waals surface area contributed by atoms with E-state index in [0.29, 0.717) is 29.0 Å². The highest BCUT2D eigenvalue weighted by Crippen LogP contribution is 2.23. The lowest BCUT2D eigenvalue weighted by Crippen LogP contribution is -2.43. The van der Waals surface area contributed by atoms with Crippen LogP contribution in [-0.2, 0) is 17.6 Å². The van der Waals surface area contributed by atoms with Gasteiger partial charge in [-0.05, 0) is 53.8 Å². The summed E-state index contributed by atoms with van der Waals surface area (Å²) in [7, 11) is 0. The molecule has 0 saturated heterocycles. The molecule has 190 valence electrons. The van der Waals surface area contributed by atoms with Crippen molar-refractivity contribution < 1.29 is 9.59 Å². The largest absolute Gasteiger partial charge is 0.342 e. The van der Waals surface area contributed by atoms with Crippen LogP contribution in [0.25, 0.3) is 33.3 Å². The number of H-pyrrole nitrogens is 1. The van der Waals surface area contributed by atoms with Crippen LogP contribution < -0.4 is 5.32 Å². The van der Waals surface area contributed by atoms with Gasteiger partial charge >= 0.3 is 0 Å². The zero-order valence-electron chi connectivity index (χ0n) is 21.0. The van der Waals surface area contributed by atoms with Crippen LogP contribution in [0.1, 0.15) is 21.6 Å². The van der Waals surface area contributed by atoms with E-state index in [1.165, 1.54) is 0 Å². The van der Waals surface area contributed by atoms with Crippen molar-refractivity contribution in [1.29, 1.82) is 0 Å². The Balaban J connectivity index is 1.25. The first-order valence-electron chi connectivity index (χ1n) is 12.7. The molecule has 3 aromatic carbocycles. The van der Waals surface area contributed by atoms with Crippen molar-refractivity contribution in [3.8, 4) is 11.5 Å². The Hall–Kier alpha value is -5.17. The molecule has 0 unspecified atom stereocenters. The lowest BCUT2D eigenvalue weighted by atomic mass is 9.99. The van der Waals surface area contributed by atoms with E-state index in [1.807, 2.05) is 85.1 Å². The van der Waals surface area contributed by atoms with Crippen molar-refractivity contribution in [3.05, 3.63) is 126 Å². The van der Waals surface area contributed by atoms with Crippen LogP contribution in [0.2, 0.25) is 0 Å². The van der Waals surface area contributed by atoms with Gasteiger partial charge < -0.3 is 10.3 Å². The molecule has 0 radical (unpaired) electrons. The Kier molecular flexibility index (Phi) is 6.62. The van der Waals surface area contributed by atoms with Crippen LogP contribution >= 0.6 is 0 Å². The first kappa shape index (κ1) is 24.2. The number of ketones is 1. The quantitative estimate of drug-likeness (QED) is 0.288. The summed E-state index contributed by atoms with van der Waals surface area (Å²) in [6, 6.07) is 29.7. The van der Waals surface area contributed by atoms with Gasteiger partial charge in [-0.15, -0.1) is 0 Å².